The van der Waals surface area contributed by atoms with Crippen LogP contribution in [0.1, 0.15) is 31.6 Å². The lowest BCUT2D eigenvalue weighted by Gasteiger charge is -2.26. The van der Waals surface area contributed by atoms with Crippen LogP contribution in [-0.2, 0) is 30.5 Å². The van der Waals surface area contributed by atoms with Crippen LogP contribution in [0.4, 0.5) is 14.5 Å². The summed E-state index contributed by atoms with van der Waals surface area (Å²) in [5.74, 6) is 0.102. The summed E-state index contributed by atoms with van der Waals surface area (Å²) in [5, 5.41) is 3.26. The monoisotopic (exact) mass is 628 g/mol. The first kappa shape index (κ1) is 30.6. The molecule has 0 spiro atoms. The molecule has 3 aromatic carbocycles. The van der Waals surface area contributed by atoms with Crippen molar-refractivity contribution in [2.75, 3.05) is 18.5 Å². The average molecular weight is 629 g/mol. The smallest absolute Gasteiger partial charge is 0.404 e. The second-order valence-electron chi connectivity index (χ2n) is 9.38. The van der Waals surface area contributed by atoms with Crippen LogP contribution in [0.5, 0.6) is 0 Å². The molecule has 0 saturated heterocycles. The summed E-state index contributed by atoms with van der Waals surface area (Å²) in [5.41, 5.74) is -1.24. The zero-order valence-corrected chi connectivity index (χ0v) is 24.9. The van der Waals surface area contributed by atoms with Gasteiger partial charge in [-0.1, -0.05) is 48.0 Å². The molecule has 224 valence electrons. The van der Waals surface area contributed by atoms with E-state index in [2.05, 4.69) is 10.3 Å². The van der Waals surface area contributed by atoms with Gasteiger partial charge < -0.3 is 18.8 Å². The number of nitrogens with one attached hydrogen (secondary N) is 1. The van der Waals surface area contributed by atoms with Crippen LogP contribution in [0.15, 0.2) is 83.5 Å². The molecule has 1 N–H and O–H groups in total. The third-order valence-electron chi connectivity index (χ3n) is 6.50. The highest BCUT2D eigenvalue weighted by Gasteiger charge is 2.54. The first-order valence-electron chi connectivity index (χ1n) is 13.5. The van der Waals surface area contributed by atoms with Gasteiger partial charge in [-0.25, -0.2) is 4.98 Å². The molecule has 1 amide bonds. The number of halogens is 3. The van der Waals surface area contributed by atoms with Crippen LogP contribution >= 0.6 is 19.2 Å². The first-order chi connectivity index (χ1) is 20.6. The van der Waals surface area contributed by atoms with E-state index in [1.54, 1.807) is 23.0 Å². The Hall–Kier alpha value is -3.89. The van der Waals surface area contributed by atoms with Gasteiger partial charge in [0.1, 0.15) is 17.8 Å². The normalized spacial score (nSPS) is 12.1. The number of amides is 1. The summed E-state index contributed by atoms with van der Waals surface area (Å²) in [6, 6.07) is 19.7. The van der Waals surface area contributed by atoms with Gasteiger partial charge in [0.2, 0.25) is 5.91 Å². The summed E-state index contributed by atoms with van der Waals surface area (Å²) in [7, 11) is -4.74. The Kier molecular flexibility index (Phi) is 9.08. The van der Waals surface area contributed by atoms with E-state index in [9.17, 15) is 9.36 Å². The van der Waals surface area contributed by atoms with E-state index >= 15 is 8.78 Å². The number of carbonyl (C=O) groups is 1. The SMILES string of the molecule is CCOP(=O)(OCC)C(F)(F)c1ccc(NC(=O)CCc2oc(-n3cnc4ccccc43)nc2-c2ccc(Cl)cc2)cc1. The number of anilines is 1. The number of nitrogens with zero attached hydrogens (tertiary/aromatic N) is 3. The molecule has 0 aliphatic heterocycles. The molecule has 0 aliphatic rings. The van der Waals surface area contributed by atoms with E-state index in [0.717, 1.165) is 28.7 Å². The second kappa shape index (κ2) is 12.8. The van der Waals surface area contributed by atoms with Crippen molar-refractivity contribution in [1.82, 2.24) is 14.5 Å². The standard InChI is InChI=1S/C30H28ClF2N4O5P/c1-3-40-43(39,41-4-2)30(32,33)21-11-15-23(16-12-21)35-27(38)18-17-26-28(20-9-13-22(31)14-10-20)36-29(42-26)37-19-34-24-7-5-6-8-25(24)37/h5-16,19H,3-4,17-18H2,1-2H3,(H,35,38). The van der Waals surface area contributed by atoms with Crippen molar-refractivity contribution < 1.29 is 31.6 Å². The molecule has 2 aromatic heterocycles. The Morgan fingerprint density at radius 2 is 1.70 bits per heavy atom. The van der Waals surface area contributed by atoms with Crippen LogP contribution in [0.2, 0.25) is 5.02 Å². The molecule has 9 nitrogen and oxygen atoms in total. The molecule has 0 bridgehead atoms. The molecule has 13 heteroatoms. The summed E-state index contributed by atoms with van der Waals surface area (Å²) in [6.07, 6.45) is 1.83. The molecule has 0 fully saturated rings. The van der Waals surface area contributed by atoms with Gasteiger partial charge in [0.25, 0.3) is 0 Å². The third kappa shape index (κ3) is 6.40. The number of hydrogen-bond donors (Lipinski definition) is 1. The summed E-state index contributed by atoms with van der Waals surface area (Å²) in [6.45, 7) is 2.51. The van der Waals surface area contributed by atoms with Gasteiger partial charge in [0.15, 0.2) is 0 Å². The number of hydrogen-bond acceptors (Lipinski definition) is 7. The fourth-order valence-electron chi connectivity index (χ4n) is 4.46. The topological polar surface area (TPSA) is 108 Å². The number of para-hydroxylation sites is 2. The maximum atomic E-state index is 15.0. The predicted molar refractivity (Wildman–Crippen MR) is 160 cm³/mol. The van der Waals surface area contributed by atoms with E-state index in [0.29, 0.717) is 22.5 Å². The molecule has 0 saturated carbocycles. The minimum atomic E-state index is -4.74. The molecule has 0 atom stereocenters. The number of aromatic nitrogens is 3. The van der Waals surface area contributed by atoms with Crippen molar-refractivity contribution >= 4 is 41.8 Å². The number of aryl methyl sites for hydroxylation is 1. The van der Waals surface area contributed by atoms with Gasteiger partial charge in [-0.2, -0.15) is 13.8 Å². The summed E-state index contributed by atoms with van der Waals surface area (Å²) in [4.78, 5) is 22.0. The predicted octanol–water partition coefficient (Wildman–Crippen LogP) is 8.22. The third-order valence-corrected chi connectivity index (χ3v) is 8.89. The zero-order chi connectivity index (χ0) is 30.6. The van der Waals surface area contributed by atoms with E-state index in [1.165, 1.54) is 26.0 Å². The molecule has 5 aromatic rings. The average Bonchev–Trinajstić information content (AvgIpc) is 3.61. The van der Waals surface area contributed by atoms with Crippen LogP contribution in [-0.4, -0.2) is 33.7 Å². The fraction of sp³-hybridized carbons (Fsp3) is 0.233. The number of oxazole rings is 1. The fourth-order valence-corrected chi connectivity index (χ4v) is 6.13. The maximum Gasteiger partial charge on any atom is 0.404 e. The maximum absolute atomic E-state index is 15.0. The van der Waals surface area contributed by atoms with Crippen molar-refractivity contribution in [2.45, 2.75) is 32.4 Å². The van der Waals surface area contributed by atoms with Crippen molar-refractivity contribution in [3.63, 3.8) is 0 Å². The molecule has 2 heterocycles. The number of alkyl halides is 2. The van der Waals surface area contributed by atoms with E-state index in [4.69, 9.17) is 30.0 Å². The van der Waals surface area contributed by atoms with Gasteiger partial charge in [-0.3, -0.25) is 13.9 Å². The van der Waals surface area contributed by atoms with Gasteiger partial charge in [-0.05, 0) is 50.2 Å². The van der Waals surface area contributed by atoms with Crippen LogP contribution < -0.4 is 5.32 Å². The highest BCUT2D eigenvalue weighted by molar-refractivity contribution is 7.54. The summed E-state index contributed by atoms with van der Waals surface area (Å²) < 4.78 is 60.3. The number of carbonyl (C=O) groups excluding carboxylic acids is 1. The lowest BCUT2D eigenvalue weighted by molar-refractivity contribution is -0.116. The Balaban J connectivity index is 1.33. The lowest BCUT2D eigenvalue weighted by Crippen LogP contribution is -2.18. The zero-order valence-electron chi connectivity index (χ0n) is 23.3. The number of fused-ring (bicyclic) bond motifs is 1. The lowest BCUT2D eigenvalue weighted by atomic mass is 10.1. The molecule has 0 unspecified atom stereocenters. The molecular weight excluding hydrogens is 601 g/mol. The Bertz CT molecular complexity index is 1760. The van der Waals surface area contributed by atoms with Gasteiger partial charge in [0.05, 0.1) is 24.2 Å². The second-order valence-corrected chi connectivity index (χ2v) is 11.9. The molecule has 43 heavy (non-hydrogen) atoms. The highest BCUT2D eigenvalue weighted by Crippen LogP contribution is 2.66. The van der Waals surface area contributed by atoms with Gasteiger partial charge in [-0.15, -0.1) is 0 Å². The molecular formula is C30H28ClF2N4O5P. The highest BCUT2D eigenvalue weighted by atomic mass is 35.5. The number of rotatable bonds is 12. The Morgan fingerprint density at radius 1 is 1.02 bits per heavy atom. The van der Waals surface area contributed by atoms with Crippen LogP contribution in [0.25, 0.3) is 28.3 Å². The molecule has 0 radical (unpaired) electrons. The molecule has 5 rings (SSSR count). The first-order valence-corrected chi connectivity index (χ1v) is 15.4. The van der Waals surface area contributed by atoms with E-state index < -0.39 is 18.8 Å². The minimum Gasteiger partial charge on any atom is -0.427 e. The largest absolute Gasteiger partial charge is 0.427 e. The van der Waals surface area contributed by atoms with E-state index in [-0.39, 0.29) is 37.6 Å². The number of benzene rings is 3. The van der Waals surface area contributed by atoms with Crippen LogP contribution in [0.3, 0.4) is 0 Å². The van der Waals surface area contributed by atoms with Crippen molar-refractivity contribution in [1.29, 1.82) is 0 Å². The quantitative estimate of drug-likeness (QED) is 0.139. The van der Waals surface area contributed by atoms with Crippen molar-refractivity contribution in [3.05, 3.63) is 95.5 Å². The molecule has 0 aliphatic carbocycles. The van der Waals surface area contributed by atoms with Crippen LogP contribution in [0, 0.1) is 0 Å². The number of imidazole rings is 1. The Morgan fingerprint density at radius 3 is 2.37 bits per heavy atom. The van der Waals surface area contributed by atoms with Gasteiger partial charge >= 0.3 is 19.3 Å². The van der Waals surface area contributed by atoms with Crippen molar-refractivity contribution in [2.24, 2.45) is 0 Å². The van der Waals surface area contributed by atoms with Gasteiger partial charge in [0, 0.05) is 34.7 Å². The summed E-state index contributed by atoms with van der Waals surface area (Å²) >= 11 is 6.08. The minimum absolute atomic E-state index is 0.0156. The van der Waals surface area contributed by atoms with Crippen molar-refractivity contribution in [3.8, 4) is 17.3 Å². The van der Waals surface area contributed by atoms with E-state index in [1.807, 2.05) is 36.4 Å². The Labute approximate surface area is 251 Å².